The summed E-state index contributed by atoms with van der Waals surface area (Å²) in [7, 11) is 0. The highest BCUT2D eigenvalue weighted by molar-refractivity contribution is 6.05. The highest BCUT2D eigenvalue weighted by Gasteiger charge is 2.43. The third kappa shape index (κ3) is 3.49. The molecule has 1 aliphatic carbocycles. The number of rotatable bonds is 3. The zero-order valence-corrected chi connectivity index (χ0v) is 17.7. The van der Waals surface area contributed by atoms with Gasteiger partial charge in [0.05, 0.1) is 11.0 Å². The Morgan fingerprint density at radius 2 is 1.97 bits per heavy atom. The number of hydrogen-bond acceptors (Lipinski definition) is 5. The molecule has 2 atom stereocenters. The number of aryl methyl sites for hydroxylation is 1. The number of carbonyl (C=O) groups excluding carboxylic acids is 1. The molecule has 1 N–H and O–H groups in total. The van der Waals surface area contributed by atoms with Crippen LogP contribution in [0.3, 0.4) is 0 Å². The number of benzene rings is 2. The molecule has 1 aromatic heterocycles. The molecule has 1 amide bonds. The van der Waals surface area contributed by atoms with Crippen LogP contribution >= 0.6 is 0 Å². The van der Waals surface area contributed by atoms with E-state index in [1.807, 2.05) is 42.2 Å². The lowest BCUT2D eigenvalue weighted by atomic mass is 9.71. The van der Waals surface area contributed by atoms with Crippen LogP contribution in [0.4, 0.5) is 0 Å². The predicted octanol–water partition coefficient (Wildman–Crippen LogP) is 3.79. The number of nitrogens with zero attached hydrogens (tertiary/aromatic N) is 1. The van der Waals surface area contributed by atoms with Crippen molar-refractivity contribution in [3.63, 3.8) is 0 Å². The van der Waals surface area contributed by atoms with Gasteiger partial charge in [-0.2, -0.15) is 0 Å². The van der Waals surface area contributed by atoms with Gasteiger partial charge in [-0.15, -0.1) is 0 Å². The van der Waals surface area contributed by atoms with E-state index < -0.39 is 5.60 Å². The number of piperidine rings is 1. The molecule has 5 rings (SSSR count). The van der Waals surface area contributed by atoms with Gasteiger partial charge in [-0.05, 0) is 49.8 Å². The fraction of sp³-hybridized carbons (Fsp3) is 0.440. The van der Waals surface area contributed by atoms with Gasteiger partial charge in [0, 0.05) is 30.0 Å². The quantitative estimate of drug-likeness (QED) is 0.514. The first-order valence-electron chi connectivity index (χ1n) is 11.0. The van der Waals surface area contributed by atoms with E-state index in [9.17, 15) is 14.7 Å². The molecule has 2 aliphatic rings. The van der Waals surface area contributed by atoms with Crippen molar-refractivity contribution in [2.45, 2.75) is 44.6 Å². The number of carbonyl (C=O) groups is 1. The van der Waals surface area contributed by atoms with Crippen LogP contribution in [0, 0.1) is 12.8 Å². The van der Waals surface area contributed by atoms with E-state index in [1.165, 1.54) is 0 Å². The zero-order chi connectivity index (χ0) is 21.6. The Hall–Kier alpha value is -2.86. The van der Waals surface area contributed by atoms with E-state index >= 15 is 0 Å². The Balaban J connectivity index is 1.34. The molecule has 6 nitrogen and oxygen atoms in total. The lowest BCUT2D eigenvalue weighted by Gasteiger charge is -2.47. The SMILES string of the molecule is Cc1c(OCC(=O)N2CC[C@@]3(O)CCCC[C@@H]3C2)ccc2c1oc(=O)c1ccccc12. The molecule has 0 unspecified atom stereocenters. The lowest BCUT2D eigenvalue weighted by molar-refractivity contribution is -0.145. The summed E-state index contributed by atoms with van der Waals surface area (Å²) in [5.41, 5.74) is 0.200. The Morgan fingerprint density at radius 3 is 2.81 bits per heavy atom. The van der Waals surface area contributed by atoms with E-state index in [-0.39, 0.29) is 24.1 Å². The van der Waals surface area contributed by atoms with Gasteiger partial charge in [-0.25, -0.2) is 4.79 Å². The smallest absolute Gasteiger partial charge is 0.344 e. The number of hydrogen-bond donors (Lipinski definition) is 1. The Bertz CT molecular complexity index is 1220. The normalized spacial score (nSPS) is 23.7. The summed E-state index contributed by atoms with van der Waals surface area (Å²) in [4.78, 5) is 27.0. The van der Waals surface area contributed by atoms with Gasteiger partial charge in [-0.3, -0.25) is 4.79 Å². The zero-order valence-electron chi connectivity index (χ0n) is 17.7. The molecule has 31 heavy (non-hydrogen) atoms. The van der Waals surface area contributed by atoms with Gasteiger partial charge in [0.25, 0.3) is 5.91 Å². The van der Waals surface area contributed by atoms with Crippen molar-refractivity contribution >= 4 is 27.6 Å². The first-order chi connectivity index (χ1) is 15.0. The second-order valence-corrected chi connectivity index (χ2v) is 8.93. The monoisotopic (exact) mass is 421 g/mol. The first kappa shape index (κ1) is 20.1. The highest BCUT2D eigenvalue weighted by Crippen LogP contribution is 2.39. The summed E-state index contributed by atoms with van der Waals surface area (Å²) < 4.78 is 11.4. The maximum atomic E-state index is 12.8. The predicted molar refractivity (Wildman–Crippen MR) is 118 cm³/mol. The number of likely N-dealkylation sites (tertiary alicyclic amines) is 1. The van der Waals surface area contributed by atoms with Crippen molar-refractivity contribution in [3.8, 4) is 5.75 Å². The molecule has 6 heteroatoms. The molecule has 0 spiro atoms. The van der Waals surface area contributed by atoms with E-state index in [1.54, 1.807) is 6.07 Å². The van der Waals surface area contributed by atoms with E-state index in [4.69, 9.17) is 9.15 Å². The molecule has 2 heterocycles. The minimum absolute atomic E-state index is 0.0741. The Labute approximate surface area is 180 Å². The van der Waals surface area contributed by atoms with Crippen LogP contribution in [-0.4, -0.2) is 41.2 Å². The van der Waals surface area contributed by atoms with Crippen molar-refractivity contribution in [2.24, 2.45) is 5.92 Å². The second kappa shape index (κ2) is 7.68. The Kier molecular flexibility index (Phi) is 4.97. The molecule has 1 aliphatic heterocycles. The molecule has 0 bridgehead atoms. The standard InChI is InChI=1S/C25H27NO5/c1-16-21(10-9-19-18-7-2-3-8-20(18)24(28)31-23(16)19)30-15-22(27)26-13-12-25(29)11-5-4-6-17(25)14-26/h2-3,7-10,17,29H,4-6,11-15H2,1H3/t17-,25+/m1/s1. The molecular weight excluding hydrogens is 394 g/mol. The van der Waals surface area contributed by atoms with Gasteiger partial charge in [0.1, 0.15) is 11.3 Å². The summed E-state index contributed by atoms with van der Waals surface area (Å²) in [5, 5.41) is 13.1. The van der Waals surface area contributed by atoms with Gasteiger partial charge in [-0.1, -0.05) is 31.0 Å². The van der Waals surface area contributed by atoms with Crippen molar-refractivity contribution in [1.82, 2.24) is 4.90 Å². The summed E-state index contributed by atoms with van der Waals surface area (Å²) in [6.07, 6.45) is 4.62. The van der Waals surface area contributed by atoms with Crippen LogP contribution < -0.4 is 10.4 Å². The summed E-state index contributed by atoms with van der Waals surface area (Å²) in [6, 6.07) is 11.1. The molecule has 1 saturated heterocycles. The van der Waals surface area contributed by atoms with Gasteiger partial charge < -0.3 is 19.2 Å². The van der Waals surface area contributed by atoms with Crippen LogP contribution in [0.2, 0.25) is 0 Å². The lowest BCUT2D eigenvalue weighted by Crippen LogP contribution is -2.55. The van der Waals surface area contributed by atoms with E-state index in [0.29, 0.717) is 41.8 Å². The van der Waals surface area contributed by atoms with Crippen LogP contribution in [0.1, 0.15) is 37.7 Å². The first-order valence-corrected chi connectivity index (χ1v) is 11.0. The van der Waals surface area contributed by atoms with Gasteiger partial charge in [0.2, 0.25) is 0 Å². The number of amides is 1. The minimum atomic E-state index is -0.606. The van der Waals surface area contributed by atoms with E-state index in [0.717, 1.165) is 36.5 Å². The fourth-order valence-corrected chi connectivity index (χ4v) is 5.25. The highest BCUT2D eigenvalue weighted by atomic mass is 16.5. The third-order valence-corrected chi connectivity index (χ3v) is 7.12. The van der Waals surface area contributed by atoms with E-state index in [2.05, 4.69) is 0 Å². The average molecular weight is 421 g/mol. The summed E-state index contributed by atoms with van der Waals surface area (Å²) in [5.74, 6) is 0.612. The van der Waals surface area contributed by atoms with Crippen molar-refractivity contribution in [2.75, 3.05) is 19.7 Å². The molecule has 3 aromatic rings. The van der Waals surface area contributed by atoms with Crippen LogP contribution in [0.25, 0.3) is 21.7 Å². The van der Waals surface area contributed by atoms with Crippen molar-refractivity contribution < 1.29 is 19.1 Å². The van der Waals surface area contributed by atoms with Gasteiger partial charge >= 0.3 is 5.63 Å². The molecule has 2 aromatic carbocycles. The summed E-state index contributed by atoms with van der Waals surface area (Å²) in [6.45, 7) is 2.92. The maximum Gasteiger partial charge on any atom is 0.344 e. The number of aliphatic hydroxyl groups is 1. The fourth-order valence-electron chi connectivity index (χ4n) is 5.25. The molecule has 2 fully saturated rings. The molecule has 162 valence electrons. The topological polar surface area (TPSA) is 80.0 Å². The maximum absolute atomic E-state index is 12.8. The van der Waals surface area contributed by atoms with Crippen molar-refractivity contribution in [3.05, 3.63) is 52.4 Å². The molecule has 1 saturated carbocycles. The van der Waals surface area contributed by atoms with Crippen LogP contribution in [0.15, 0.2) is 45.6 Å². The van der Waals surface area contributed by atoms with Crippen molar-refractivity contribution in [1.29, 1.82) is 0 Å². The van der Waals surface area contributed by atoms with Crippen LogP contribution in [-0.2, 0) is 4.79 Å². The minimum Gasteiger partial charge on any atom is -0.483 e. The summed E-state index contributed by atoms with van der Waals surface area (Å²) >= 11 is 0. The number of fused-ring (bicyclic) bond motifs is 4. The van der Waals surface area contributed by atoms with Crippen LogP contribution in [0.5, 0.6) is 5.75 Å². The average Bonchev–Trinajstić information content (AvgIpc) is 2.78. The Morgan fingerprint density at radius 1 is 1.16 bits per heavy atom. The third-order valence-electron chi connectivity index (χ3n) is 7.12. The molecule has 0 radical (unpaired) electrons. The van der Waals surface area contributed by atoms with Gasteiger partial charge in [0.15, 0.2) is 6.61 Å². The molecular formula is C25H27NO5. The second-order valence-electron chi connectivity index (χ2n) is 8.93. The largest absolute Gasteiger partial charge is 0.483 e. The number of ether oxygens (including phenoxy) is 1.